The quantitative estimate of drug-likeness (QED) is 0.467. The van der Waals surface area contributed by atoms with Crippen molar-refractivity contribution in [1.82, 2.24) is 5.32 Å². The molecule has 0 heterocycles. The van der Waals surface area contributed by atoms with Crippen LogP contribution in [0.25, 0.3) is 0 Å². The normalized spacial score (nSPS) is 12.4. The van der Waals surface area contributed by atoms with Gasteiger partial charge in [0.1, 0.15) is 6.04 Å². The number of likely N-dealkylation sites (N-methyl/N-ethyl adjacent to an activating group) is 1. The van der Waals surface area contributed by atoms with Gasteiger partial charge in [0.25, 0.3) is 0 Å². The molecule has 5 heteroatoms. The van der Waals surface area contributed by atoms with Crippen LogP contribution >= 0.6 is 11.8 Å². The molecule has 0 saturated carbocycles. The van der Waals surface area contributed by atoms with Crippen LogP contribution in [0.2, 0.25) is 0 Å². The summed E-state index contributed by atoms with van der Waals surface area (Å²) in [5.74, 6) is 1.88. The van der Waals surface area contributed by atoms with Gasteiger partial charge in [0.05, 0.1) is 7.11 Å². The molecule has 1 atom stereocenters. The summed E-state index contributed by atoms with van der Waals surface area (Å²) in [4.78, 5) is 11.4. The summed E-state index contributed by atoms with van der Waals surface area (Å²) in [7, 11) is 3.14. The Labute approximate surface area is 102 Å². The molecular formula is C11H23NO3S. The summed E-state index contributed by atoms with van der Waals surface area (Å²) in [6.07, 6.45) is 1.88. The van der Waals surface area contributed by atoms with Gasteiger partial charge >= 0.3 is 5.97 Å². The van der Waals surface area contributed by atoms with Gasteiger partial charge in [-0.3, -0.25) is 4.79 Å². The van der Waals surface area contributed by atoms with Gasteiger partial charge in [0, 0.05) is 13.7 Å². The van der Waals surface area contributed by atoms with E-state index in [-0.39, 0.29) is 12.0 Å². The monoisotopic (exact) mass is 249 g/mol. The van der Waals surface area contributed by atoms with Gasteiger partial charge in [0.15, 0.2) is 0 Å². The van der Waals surface area contributed by atoms with Crippen LogP contribution in [-0.4, -0.2) is 50.9 Å². The lowest BCUT2D eigenvalue weighted by molar-refractivity contribution is -0.143. The van der Waals surface area contributed by atoms with Crippen LogP contribution in [-0.2, 0) is 14.3 Å². The number of rotatable bonds is 10. The molecule has 0 radical (unpaired) electrons. The first kappa shape index (κ1) is 15.7. The Balaban J connectivity index is 3.56. The predicted molar refractivity (Wildman–Crippen MR) is 67.9 cm³/mol. The van der Waals surface area contributed by atoms with E-state index in [0.717, 1.165) is 37.5 Å². The van der Waals surface area contributed by atoms with Gasteiger partial charge in [-0.25, -0.2) is 0 Å². The molecule has 96 valence electrons. The van der Waals surface area contributed by atoms with E-state index in [4.69, 9.17) is 9.47 Å². The maximum atomic E-state index is 11.4. The van der Waals surface area contributed by atoms with Crippen LogP contribution < -0.4 is 5.32 Å². The van der Waals surface area contributed by atoms with E-state index < -0.39 is 0 Å². The van der Waals surface area contributed by atoms with Crippen molar-refractivity contribution in [2.24, 2.45) is 0 Å². The lowest BCUT2D eigenvalue weighted by Crippen LogP contribution is -2.37. The zero-order valence-corrected chi connectivity index (χ0v) is 11.3. The number of hydrogen-bond donors (Lipinski definition) is 1. The van der Waals surface area contributed by atoms with Crippen LogP contribution in [0.4, 0.5) is 0 Å². The van der Waals surface area contributed by atoms with Crippen molar-refractivity contribution in [3.05, 3.63) is 0 Å². The van der Waals surface area contributed by atoms with E-state index in [1.807, 2.05) is 18.7 Å². The molecule has 0 aliphatic rings. The van der Waals surface area contributed by atoms with Gasteiger partial charge in [0.2, 0.25) is 0 Å². The molecule has 0 amide bonds. The lowest BCUT2D eigenvalue weighted by Gasteiger charge is -2.14. The third kappa shape index (κ3) is 7.96. The molecule has 0 saturated heterocycles. The van der Waals surface area contributed by atoms with Crippen molar-refractivity contribution in [2.75, 3.05) is 38.9 Å². The van der Waals surface area contributed by atoms with E-state index in [1.165, 1.54) is 7.11 Å². The molecule has 0 rings (SSSR count). The number of nitrogens with one attached hydrogen (secondary N) is 1. The Morgan fingerprint density at radius 1 is 1.38 bits per heavy atom. The zero-order chi connectivity index (χ0) is 12.2. The summed E-state index contributed by atoms with van der Waals surface area (Å²) < 4.78 is 9.69. The van der Waals surface area contributed by atoms with Gasteiger partial charge in [-0.15, -0.1) is 0 Å². The van der Waals surface area contributed by atoms with Crippen molar-refractivity contribution < 1.29 is 14.3 Å². The topological polar surface area (TPSA) is 47.6 Å². The Morgan fingerprint density at radius 2 is 2.12 bits per heavy atom. The second-order valence-corrected chi connectivity index (χ2v) is 4.61. The summed E-state index contributed by atoms with van der Waals surface area (Å²) in [5.41, 5.74) is 0. The molecule has 16 heavy (non-hydrogen) atoms. The average Bonchev–Trinajstić information content (AvgIpc) is 2.31. The third-order valence-electron chi connectivity index (χ3n) is 2.12. The highest BCUT2D eigenvalue weighted by Crippen LogP contribution is 2.07. The number of esters is 1. The molecule has 0 aromatic rings. The molecular weight excluding hydrogens is 226 g/mol. The first-order chi connectivity index (χ1) is 7.76. The SMILES string of the molecule is CCNC(CCSCCCOC)C(=O)OC. The van der Waals surface area contributed by atoms with Crippen molar-refractivity contribution >= 4 is 17.7 Å². The molecule has 0 aromatic heterocycles. The summed E-state index contributed by atoms with van der Waals surface area (Å²) in [5, 5.41) is 3.12. The average molecular weight is 249 g/mol. The fourth-order valence-corrected chi connectivity index (χ4v) is 2.23. The van der Waals surface area contributed by atoms with Gasteiger partial charge in [-0.05, 0) is 30.9 Å². The second kappa shape index (κ2) is 11.2. The summed E-state index contributed by atoms with van der Waals surface area (Å²) in [6, 6.07) is -0.162. The molecule has 0 bridgehead atoms. The van der Waals surface area contributed by atoms with E-state index in [1.54, 1.807) is 7.11 Å². The van der Waals surface area contributed by atoms with Crippen molar-refractivity contribution in [3.63, 3.8) is 0 Å². The van der Waals surface area contributed by atoms with Crippen LogP contribution in [0.5, 0.6) is 0 Å². The lowest BCUT2D eigenvalue weighted by atomic mass is 10.2. The minimum absolute atomic E-state index is 0.162. The van der Waals surface area contributed by atoms with Gasteiger partial charge in [-0.1, -0.05) is 6.92 Å². The Bertz CT molecular complexity index is 179. The van der Waals surface area contributed by atoms with E-state index in [0.29, 0.717) is 0 Å². The fourth-order valence-electron chi connectivity index (χ4n) is 1.30. The molecule has 0 fully saturated rings. The Morgan fingerprint density at radius 3 is 2.69 bits per heavy atom. The number of thioether (sulfide) groups is 1. The predicted octanol–water partition coefficient (Wildman–Crippen LogP) is 1.30. The Hall–Kier alpha value is -0.260. The van der Waals surface area contributed by atoms with Crippen LogP contribution in [0.3, 0.4) is 0 Å². The third-order valence-corrected chi connectivity index (χ3v) is 3.23. The maximum Gasteiger partial charge on any atom is 0.322 e. The highest BCUT2D eigenvalue weighted by Gasteiger charge is 2.16. The molecule has 0 spiro atoms. The minimum Gasteiger partial charge on any atom is -0.468 e. The standard InChI is InChI=1S/C11H23NO3S/c1-4-12-10(11(13)15-3)6-9-16-8-5-7-14-2/h10,12H,4-9H2,1-3H3. The minimum atomic E-state index is -0.167. The molecule has 4 nitrogen and oxygen atoms in total. The van der Waals surface area contributed by atoms with Gasteiger partial charge < -0.3 is 14.8 Å². The number of carbonyl (C=O) groups excluding carboxylic acids is 1. The first-order valence-corrected chi connectivity index (χ1v) is 6.79. The van der Waals surface area contributed by atoms with Crippen LogP contribution in [0.15, 0.2) is 0 Å². The van der Waals surface area contributed by atoms with Crippen molar-refractivity contribution in [2.45, 2.75) is 25.8 Å². The van der Waals surface area contributed by atoms with Gasteiger partial charge in [-0.2, -0.15) is 11.8 Å². The number of ether oxygens (including phenoxy) is 2. The highest BCUT2D eigenvalue weighted by atomic mass is 32.2. The molecule has 0 aromatic carbocycles. The van der Waals surface area contributed by atoms with Crippen LogP contribution in [0, 0.1) is 0 Å². The molecule has 1 N–H and O–H groups in total. The summed E-state index contributed by atoms with van der Waals surface area (Å²) >= 11 is 1.85. The van der Waals surface area contributed by atoms with E-state index in [9.17, 15) is 4.79 Å². The maximum absolute atomic E-state index is 11.4. The molecule has 0 aliphatic heterocycles. The fraction of sp³-hybridized carbons (Fsp3) is 0.909. The van der Waals surface area contributed by atoms with Crippen LogP contribution in [0.1, 0.15) is 19.8 Å². The molecule has 0 aliphatic carbocycles. The second-order valence-electron chi connectivity index (χ2n) is 3.38. The highest BCUT2D eigenvalue weighted by molar-refractivity contribution is 7.99. The van der Waals surface area contributed by atoms with E-state index >= 15 is 0 Å². The Kier molecular flexibility index (Phi) is 11.0. The smallest absolute Gasteiger partial charge is 0.322 e. The molecule has 1 unspecified atom stereocenters. The number of methoxy groups -OCH3 is 2. The first-order valence-electron chi connectivity index (χ1n) is 5.64. The van der Waals surface area contributed by atoms with E-state index in [2.05, 4.69) is 5.32 Å². The van der Waals surface area contributed by atoms with Crippen molar-refractivity contribution in [3.8, 4) is 0 Å². The zero-order valence-electron chi connectivity index (χ0n) is 10.5. The number of carbonyl (C=O) groups is 1. The number of hydrogen-bond acceptors (Lipinski definition) is 5. The summed E-state index contributed by atoms with van der Waals surface area (Å²) in [6.45, 7) is 3.58. The van der Waals surface area contributed by atoms with Crippen molar-refractivity contribution in [1.29, 1.82) is 0 Å². The largest absolute Gasteiger partial charge is 0.468 e.